The fraction of sp³-hybridized carbons (Fsp3) is 0.750. The average molecular weight is 187 g/mol. The molecule has 0 aliphatic carbocycles. The molecule has 1 aliphatic rings. The van der Waals surface area contributed by atoms with Crippen LogP contribution < -0.4 is 5.32 Å². The second-order valence-electron chi connectivity index (χ2n) is 3.38. The van der Waals surface area contributed by atoms with Crippen molar-refractivity contribution in [3.05, 3.63) is 0 Å². The molecule has 0 bridgehead atoms. The van der Waals surface area contributed by atoms with E-state index in [1.54, 1.807) is 6.92 Å². The second-order valence-corrected chi connectivity index (χ2v) is 3.38. The fourth-order valence-corrected chi connectivity index (χ4v) is 1.66. The van der Waals surface area contributed by atoms with E-state index in [-0.39, 0.29) is 0 Å². The van der Waals surface area contributed by atoms with Crippen molar-refractivity contribution in [2.75, 3.05) is 13.7 Å². The van der Waals surface area contributed by atoms with Crippen LogP contribution in [0.25, 0.3) is 0 Å². The van der Waals surface area contributed by atoms with Gasteiger partial charge in [-0.15, -0.1) is 0 Å². The Balaban J connectivity index is 2.87. The summed E-state index contributed by atoms with van der Waals surface area (Å²) < 4.78 is 4.58. The summed E-state index contributed by atoms with van der Waals surface area (Å²) in [4.78, 5) is 22.1. The normalized spacial score (nSPS) is 32.9. The van der Waals surface area contributed by atoms with Crippen LogP contribution in [0, 0.1) is 5.41 Å². The van der Waals surface area contributed by atoms with Crippen molar-refractivity contribution < 1.29 is 19.4 Å². The summed E-state index contributed by atoms with van der Waals surface area (Å²) in [5.41, 5.74) is -0.930. The van der Waals surface area contributed by atoms with Crippen LogP contribution in [-0.2, 0) is 14.3 Å². The van der Waals surface area contributed by atoms with Gasteiger partial charge in [0, 0.05) is 0 Å². The lowest BCUT2D eigenvalue weighted by molar-refractivity contribution is -0.158. The van der Waals surface area contributed by atoms with Crippen molar-refractivity contribution in [2.45, 2.75) is 19.4 Å². The molecule has 5 heteroatoms. The largest absolute Gasteiger partial charge is 0.480 e. The lowest BCUT2D eigenvalue weighted by atomic mass is 9.82. The molecule has 13 heavy (non-hydrogen) atoms. The number of carbonyl (C=O) groups excluding carboxylic acids is 1. The monoisotopic (exact) mass is 187 g/mol. The molecule has 0 spiro atoms. The van der Waals surface area contributed by atoms with Gasteiger partial charge in [-0.25, -0.2) is 0 Å². The quantitative estimate of drug-likeness (QED) is 0.576. The van der Waals surface area contributed by atoms with Gasteiger partial charge in [-0.05, 0) is 19.9 Å². The minimum Gasteiger partial charge on any atom is -0.480 e. The van der Waals surface area contributed by atoms with Crippen LogP contribution in [0.2, 0.25) is 0 Å². The molecule has 1 rings (SSSR count). The van der Waals surface area contributed by atoms with Gasteiger partial charge >= 0.3 is 11.9 Å². The molecule has 1 aliphatic heterocycles. The zero-order chi connectivity index (χ0) is 10.1. The molecule has 2 N–H and O–H groups in total. The lowest BCUT2D eigenvalue weighted by Crippen LogP contribution is -2.46. The minimum absolute atomic E-state index is 0.468. The SMILES string of the molecule is COC(=O)C1(C)CCN[C@@H]1C(=O)O. The van der Waals surface area contributed by atoms with Crippen LogP contribution in [-0.4, -0.2) is 36.7 Å². The van der Waals surface area contributed by atoms with E-state index in [0.717, 1.165) is 0 Å². The molecule has 0 aromatic carbocycles. The first-order valence-electron chi connectivity index (χ1n) is 4.07. The van der Waals surface area contributed by atoms with Gasteiger partial charge < -0.3 is 15.2 Å². The first-order chi connectivity index (χ1) is 6.02. The Hall–Kier alpha value is -1.10. The number of carboxylic acid groups (broad SMARTS) is 1. The molecule has 1 unspecified atom stereocenters. The standard InChI is InChI=1S/C8H13NO4/c1-8(7(12)13-2)3-4-9-5(8)6(10)11/h5,9H,3-4H2,1-2H3,(H,10,11)/t5-,8?/m1/s1. The molecule has 0 amide bonds. The highest BCUT2D eigenvalue weighted by Crippen LogP contribution is 2.32. The number of carboxylic acids is 1. The lowest BCUT2D eigenvalue weighted by Gasteiger charge is -2.24. The zero-order valence-corrected chi connectivity index (χ0v) is 7.66. The van der Waals surface area contributed by atoms with E-state index < -0.39 is 23.4 Å². The number of ether oxygens (including phenoxy) is 1. The molecule has 0 aromatic rings. The number of esters is 1. The van der Waals surface area contributed by atoms with Crippen molar-refractivity contribution in [1.29, 1.82) is 0 Å². The van der Waals surface area contributed by atoms with Crippen molar-refractivity contribution >= 4 is 11.9 Å². The van der Waals surface area contributed by atoms with E-state index in [1.807, 2.05) is 0 Å². The van der Waals surface area contributed by atoms with Crippen molar-refractivity contribution in [2.24, 2.45) is 5.41 Å². The van der Waals surface area contributed by atoms with Crippen LogP contribution in [0.1, 0.15) is 13.3 Å². The van der Waals surface area contributed by atoms with E-state index >= 15 is 0 Å². The van der Waals surface area contributed by atoms with Gasteiger partial charge in [-0.3, -0.25) is 9.59 Å². The maximum atomic E-state index is 11.3. The molecule has 1 saturated heterocycles. The number of carbonyl (C=O) groups is 2. The van der Waals surface area contributed by atoms with Crippen molar-refractivity contribution in [3.63, 3.8) is 0 Å². The highest BCUT2D eigenvalue weighted by molar-refractivity contribution is 5.87. The van der Waals surface area contributed by atoms with Crippen molar-refractivity contribution in [3.8, 4) is 0 Å². The fourth-order valence-electron chi connectivity index (χ4n) is 1.66. The average Bonchev–Trinajstić information content (AvgIpc) is 2.47. The summed E-state index contributed by atoms with van der Waals surface area (Å²) in [6.07, 6.45) is 0.497. The van der Waals surface area contributed by atoms with Gasteiger partial charge in [0.25, 0.3) is 0 Å². The van der Waals surface area contributed by atoms with Crippen LogP contribution in [0.4, 0.5) is 0 Å². The van der Waals surface area contributed by atoms with Gasteiger partial charge in [-0.2, -0.15) is 0 Å². The van der Waals surface area contributed by atoms with E-state index in [9.17, 15) is 9.59 Å². The smallest absolute Gasteiger partial charge is 0.321 e. The van der Waals surface area contributed by atoms with Gasteiger partial charge in [0.1, 0.15) is 6.04 Å². The molecule has 0 aromatic heterocycles. The number of hydrogen-bond acceptors (Lipinski definition) is 4. The maximum Gasteiger partial charge on any atom is 0.321 e. The van der Waals surface area contributed by atoms with E-state index in [1.165, 1.54) is 7.11 Å². The summed E-state index contributed by atoms with van der Waals surface area (Å²) in [5.74, 6) is -1.48. The Morgan fingerprint density at radius 3 is 2.69 bits per heavy atom. The number of nitrogens with one attached hydrogen (secondary N) is 1. The molecule has 74 valence electrons. The van der Waals surface area contributed by atoms with Crippen LogP contribution in [0.15, 0.2) is 0 Å². The molecule has 1 fully saturated rings. The number of aliphatic carboxylic acids is 1. The molecule has 1 heterocycles. The van der Waals surface area contributed by atoms with Crippen molar-refractivity contribution in [1.82, 2.24) is 5.32 Å². The zero-order valence-electron chi connectivity index (χ0n) is 7.66. The second kappa shape index (κ2) is 3.33. The Morgan fingerprint density at radius 2 is 2.23 bits per heavy atom. The van der Waals surface area contributed by atoms with Gasteiger partial charge in [0.05, 0.1) is 12.5 Å². The summed E-state index contributed by atoms with van der Waals surface area (Å²) in [5, 5.41) is 11.6. The predicted molar refractivity (Wildman–Crippen MR) is 44.2 cm³/mol. The Kier molecular flexibility index (Phi) is 2.56. The Bertz CT molecular complexity index is 240. The molecular weight excluding hydrogens is 174 g/mol. The third kappa shape index (κ3) is 1.51. The molecule has 0 radical (unpaired) electrons. The molecule has 2 atom stereocenters. The van der Waals surface area contributed by atoms with Crippen LogP contribution in [0.5, 0.6) is 0 Å². The Morgan fingerprint density at radius 1 is 1.62 bits per heavy atom. The third-order valence-corrected chi connectivity index (χ3v) is 2.53. The molecule has 5 nitrogen and oxygen atoms in total. The van der Waals surface area contributed by atoms with E-state index in [0.29, 0.717) is 13.0 Å². The molecular formula is C8H13NO4. The highest BCUT2D eigenvalue weighted by Gasteiger charge is 2.49. The van der Waals surface area contributed by atoms with Gasteiger partial charge in [0.2, 0.25) is 0 Å². The highest BCUT2D eigenvalue weighted by atomic mass is 16.5. The summed E-state index contributed by atoms with van der Waals surface area (Å²) in [6.45, 7) is 2.14. The van der Waals surface area contributed by atoms with E-state index in [2.05, 4.69) is 10.1 Å². The maximum absolute atomic E-state index is 11.3. The predicted octanol–water partition coefficient (Wildman–Crippen LogP) is -0.388. The Labute approximate surface area is 76.1 Å². The van der Waals surface area contributed by atoms with Gasteiger partial charge in [-0.1, -0.05) is 0 Å². The summed E-state index contributed by atoms with van der Waals surface area (Å²) in [6, 6.07) is -0.833. The first kappa shape index (κ1) is 9.98. The summed E-state index contributed by atoms with van der Waals surface area (Å²) in [7, 11) is 1.27. The van der Waals surface area contributed by atoms with Crippen LogP contribution >= 0.6 is 0 Å². The van der Waals surface area contributed by atoms with Crippen LogP contribution in [0.3, 0.4) is 0 Å². The minimum atomic E-state index is -1.01. The first-order valence-corrected chi connectivity index (χ1v) is 4.07. The number of hydrogen-bond donors (Lipinski definition) is 2. The number of methoxy groups -OCH3 is 1. The van der Waals surface area contributed by atoms with Gasteiger partial charge in [0.15, 0.2) is 0 Å². The number of rotatable bonds is 2. The van der Waals surface area contributed by atoms with E-state index in [4.69, 9.17) is 5.11 Å². The molecule has 0 saturated carbocycles. The summed E-state index contributed by atoms with van der Waals surface area (Å²) >= 11 is 0. The third-order valence-electron chi connectivity index (χ3n) is 2.53. The topological polar surface area (TPSA) is 75.6 Å².